The fourth-order valence-electron chi connectivity index (χ4n) is 0.918. The van der Waals surface area contributed by atoms with Crippen LogP contribution in [0.15, 0.2) is 29.4 Å². The van der Waals surface area contributed by atoms with Gasteiger partial charge < -0.3 is 5.32 Å². The van der Waals surface area contributed by atoms with E-state index in [0.717, 1.165) is 10.8 Å². The zero-order chi connectivity index (χ0) is 12.9. The second kappa shape index (κ2) is 11.8. The van der Waals surface area contributed by atoms with Gasteiger partial charge in [0.15, 0.2) is 0 Å². The average molecular weight is 274 g/mol. The minimum atomic E-state index is 0. The summed E-state index contributed by atoms with van der Waals surface area (Å²) in [6.07, 6.45) is 2.34. The monoisotopic (exact) mass is 274 g/mol. The van der Waals surface area contributed by atoms with E-state index in [-0.39, 0.29) is 7.33 Å². The third-order valence-electron chi connectivity index (χ3n) is 1.57. The van der Waals surface area contributed by atoms with Gasteiger partial charge in [0.05, 0.1) is 0 Å². The highest BCUT2D eigenvalue weighted by Gasteiger charge is 2.00. The van der Waals surface area contributed by atoms with Gasteiger partial charge in [-0.2, -0.15) is 0 Å². The highest BCUT2D eigenvalue weighted by molar-refractivity contribution is 8.76. The maximum Gasteiger partial charge on any atom is 0.220 e. The molecule has 1 amide bonds. The second-order valence-electron chi connectivity index (χ2n) is 2.78. The average Bonchev–Trinajstić information content (AvgIpc) is 2.39. The summed E-state index contributed by atoms with van der Waals surface area (Å²) < 4.78 is 0. The van der Waals surface area contributed by atoms with Crippen molar-refractivity contribution in [3.63, 3.8) is 0 Å². The van der Waals surface area contributed by atoms with Gasteiger partial charge in [-0.25, -0.2) is 4.98 Å². The number of pyridine rings is 1. The fourth-order valence-corrected chi connectivity index (χ4v) is 2.79. The molecular formula is C12H22N2OS2. The Balaban J connectivity index is 0. The number of carbonyl (C=O) groups excluding carboxylic acids is 1. The molecule has 1 heterocycles. The van der Waals surface area contributed by atoms with Crippen molar-refractivity contribution in [3.05, 3.63) is 24.4 Å². The summed E-state index contributed by atoms with van der Waals surface area (Å²) in [6.45, 7) is 6.63. The molecule has 0 unspecified atom stereocenters. The Morgan fingerprint density at radius 1 is 1.47 bits per heavy atom. The molecule has 0 radical (unpaired) electrons. The van der Waals surface area contributed by atoms with Crippen LogP contribution in [0.3, 0.4) is 0 Å². The van der Waals surface area contributed by atoms with Gasteiger partial charge in [0, 0.05) is 26.3 Å². The highest BCUT2D eigenvalue weighted by Crippen LogP contribution is 2.29. The van der Waals surface area contributed by atoms with Gasteiger partial charge in [-0.05, 0) is 29.9 Å². The van der Waals surface area contributed by atoms with Gasteiger partial charge in [-0.3, -0.25) is 4.79 Å². The smallest absolute Gasteiger partial charge is 0.220 e. The number of carbonyl (C=O) groups is 1. The van der Waals surface area contributed by atoms with E-state index in [1.54, 1.807) is 27.8 Å². The Labute approximate surface area is 113 Å². The zero-order valence-electron chi connectivity index (χ0n) is 10.6. The van der Waals surface area contributed by atoms with Crippen molar-refractivity contribution in [2.75, 3.05) is 12.3 Å². The molecule has 17 heavy (non-hydrogen) atoms. The molecule has 5 heteroatoms. The van der Waals surface area contributed by atoms with Gasteiger partial charge >= 0.3 is 0 Å². The van der Waals surface area contributed by atoms with Crippen molar-refractivity contribution in [3.8, 4) is 0 Å². The molecule has 1 aromatic heterocycles. The van der Waals surface area contributed by atoms with E-state index in [9.17, 15) is 4.79 Å². The van der Waals surface area contributed by atoms with Crippen LogP contribution in [0.1, 0.15) is 28.6 Å². The first kappa shape index (κ1) is 16.3. The van der Waals surface area contributed by atoms with E-state index in [1.165, 1.54) is 0 Å². The fraction of sp³-hybridized carbons (Fsp3) is 0.500. The van der Waals surface area contributed by atoms with E-state index < -0.39 is 0 Å². The lowest BCUT2D eigenvalue weighted by Crippen LogP contribution is -2.22. The van der Waals surface area contributed by atoms with Crippen LogP contribution in [-0.2, 0) is 4.79 Å². The molecule has 3 nitrogen and oxygen atoms in total. The molecule has 1 rings (SSSR count). The lowest BCUT2D eigenvalue weighted by molar-refractivity contribution is -0.120. The summed E-state index contributed by atoms with van der Waals surface area (Å²) in [6, 6.07) is 5.81. The van der Waals surface area contributed by atoms with Gasteiger partial charge in [0.2, 0.25) is 5.91 Å². The third kappa shape index (κ3) is 9.06. The van der Waals surface area contributed by atoms with Crippen molar-refractivity contribution in [2.24, 2.45) is 0 Å². The molecule has 0 aromatic carbocycles. The van der Waals surface area contributed by atoms with E-state index in [0.29, 0.717) is 13.0 Å². The first-order valence-electron chi connectivity index (χ1n) is 5.80. The van der Waals surface area contributed by atoms with Crippen LogP contribution in [0.4, 0.5) is 0 Å². The lowest BCUT2D eigenvalue weighted by Gasteiger charge is -2.01. The molecular weight excluding hydrogens is 252 g/mol. The normalized spacial score (nSPS) is 9.12. The third-order valence-corrected chi connectivity index (χ3v) is 3.84. The molecule has 1 aromatic rings. The molecule has 98 valence electrons. The van der Waals surface area contributed by atoms with Gasteiger partial charge in [-0.15, -0.1) is 0 Å². The molecule has 0 aliphatic heterocycles. The number of aromatic nitrogens is 1. The molecule has 0 atom stereocenters. The molecule has 0 bridgehead atoms. The van der Waals surface area contributed by atoms with Crippen molar-refractivity contribution in [1.29, 1.82) is 0 Å². The van der Waals surface area contributed by atoms with E-state index in [2.05, 4.69) is 10.3 Å². The second-order valence-corrected chi connectivity index (χ2v) is 5.21. The number of nitrogens with one attached hydrogen (secondary N) is 1. The summed E-state index contributed by atoms with van der Waals surface area (Å²) in [7, 11) is 3.26. The largest absolute Gasteiger partial charge is 0.356 e. The first-order valence-corrected chi connectivity index (χ1v) is 8.12. The summed E-state index contributed by atoms with van der Waals surface area (Å²) >= 11 is 0. The van der Waals surface area contributed by atoms with Crippen LogP contribution in [0.2, 0.25) is 0 Å². The number of hydrogen-bond acceptors (Lipinski definition) is 4. The number of amides is 1. The van der Waals surface area contributed by atoms with Crippen molar-refractivity contribution >= 4 is 27.5 Å². The van der Waals surface area contributed by atoms with Crippen molar-refractivity contribution in [1.82, 2.24) is 10.3 Å². The Bertz CT molecular complexity index is 299. The number of rotatable bonds is 6. The number of nitrogens with zero attached hydrogens (tertiary/aromatic N) is 1. The van der Waals surface area contributed by atoms with Crippen LogP contribution in [0.5, 0.6) is 0 Å². The van der Waals surface area contributed by atoms with Crippen molar-refractivity contribution in [2.45, 2.75) is 32.2 Å². The molecule has 1 N–H and O–H groups in total. The van der Waals surface area contributed by atoms with E-state index in [4.69, 9.17) is 0 Å². The van der Waals surface area contributed by atoms with Crippen molar-refractivity contribution < 1.29 is 6.22 Å². The Kier molecular flexibility index (Phi) is 11.3. The Hall–Kier alpha value is -0.680. The van der Waals surface area contributed by atoms with E-state index >= 15 is 0 Å². The Morgan fingerprint density at radius 2 is 2.24 bits per heavy atom. The van der Waals surface area contributed by atoms with E-state index in [1.807, 2.05) is 39.0 Å². The SMILES string of the molecule is CC.CCNC(=O)CCSSc1ccccn1.[HH]. The first-order chi connectivity index (χ1) is 8.33. The molecule has 0 fully saturated rings. The topological polar surface area (TPSA) is 42.0 Å². The predicted octanol–water partition coefficient (Wildman–Crippen LogP) is 3.62. The molecule has 0 aliphatic carbocycles. The van der Waals surface area contributed by atoms with Gasteiger partial charge in [0.1, 0.15) is 5.03 Å². The highest BCUT2D eigenvalue weighted by atomic mass is 33.1. The predicted molar refractivity (Wildman–Crippen MR) is 79.3 cm³/mol. The summed E-state index contributed by atoms with van der Waals surface area (Å²) in [4.78, 5) is 15.3. The minimum Gasteiger partial charge on any atom is -0.356 e. The molecule has 0 saturated heterocycles. The van der Waals surface area contributed by atoms with Gasteiger partial charge in [-0.1, -0.05) is 30.7 Å². The van der Waals surface area contributed by atoms with Gasteiger partial charge in [0.25, 0.3) is 0 Å². The van der Waals surface area contributed by atoms with Crippen LogP contribution < -0.4 is 5.32 Å². The standard InChI is InChI=1S/C10H14N2OS2.C2H6.H2/c1-2-11-9(13)6-8-14-15-10-5-3-4-7-12-10;1-2;/h3-5,7H,2,6,8H2,1H3,(H,11,13);1-2H3;1H. The lowest BCUT2D eigenvalue weighted by atomic mass is 10.4. The molecule has 0 saturated carbocycles. The Morgan fingerprint density at radius 3 is 2.82 bits per heavy atom. The van der Waals surface area contributed by atoms with Crippen LogP contribution in [0.25, 0.3) is 0 Å². The molecule has 0 spiro atoms. The number of hydrogen-bond donors (Lipinski definition) is 1. The minimum absolute atomic E-state index is 0. The van der Waals surface area contributed by atoms with Crippen LogP contribution >= 0.6 is 21.6 Å². The zero-order valence-corrected chi connectivity index (χ0v) is 12.2. The van der Waals surface area contributed by atoms with Crippen LogP contribution in [-0.4, -0.2) is 23.2 Å². The molecule has 0 aliphatic rings. The maximum atomic E-state index is 11.1. The maximum absolute atomic E-state index is 11.1. The quantitative estimate of drug-likeness (QED) is 0.635. The van der Waals surface area contributed by atoms with Crippen LogP contribution in [0, 0.1) is 0 Å². The summed E-state index contributed by atoms with van der Waals surface area (Å²) in [5.41, 5.74) is 0. The summed E-state index contributed by atoms with van der Waals surface area (Å²) in [5, 5.41) is 3.75. The summed E-state index contributed by atoms with van der Waals surface area (Å²) in [5.74, 6) is 0.930.